The molecule has 0 saturated heterocycles. The van der Waals surface area contributed by atoms with E-state index in [1.807, 2.05) is 6.92 Å². The van der Waals surface area contributed by atoms with Gasteiger partial charge in [0.1, 0.15) is 5.69 Å². The number of carbonyl (C=O) groups excluding carboxylic acids is 1. The normalized spacial score (nSPS) is 12.8. The number of imidazole rings is 1. The molecule has 0 aliphatic carbocycles. The highest BCUT2D eigenvalue weighted by Gasteiger charge is 2.11. The Kier molecular flexibility index (Phi) is 6.05. The number of Topliss-reactive ketones (excluding diaryl/α,β-unsaturated/α-hetero) is 1. The zero-order chi connectivity index (χ0) is 18.4. The average Bonchev–Trinajstić information content (AvgIpc) is 3.02. The molecule has 0 fully saturated rings. The van der Waals surface area contributed by atoms with Crippen LogP contribution < -0.4 is 11.5 Å². The molecule has 2 heterocycles. The summed E-state index contributed by atoms with van der Waals surface area (Å²) in [5.74, 6) is -0.255. The fraction of sp³-hybridized carbons (Fsp3) is 0.278. The van der Waals surface area contributed by atoms with Gasteiger partial charge in [-0.2, -0.15) is 4.39 Å². The first kappa shape index (κ1) is 18.4. The molecule has 132 valence electrons. The summed E-state index contributed by atoms with van der Waals surface area (Å²) in [7, 11) is 0. The number of halogens is 1. The van der Waals surface area contributed by atoms with Crippen LogP contribution in [0, 0.1) is 5.95 Å². The number of aromatic nitrogens is 3. The van der Waals surface area contributed by atoms with E-state index in [0.717, 1.165) is 12.0 Å². The van der Waals surface area contributed by atoms with Crippen LogP contribution >= 0.6 is 0 Å². The molecule has 25 heavy (non-hydrogen) atoms. The number of nitrogens with two attached hydrogens (primary N) is 2. The van der Waals surface area contributed by atoms with Crippen molar-refractivity contribution in [3.8, 4) is 11.5 Å². The van der Waals surface area contributed by atoms with Gasteiger partial charge < -0.3 is 16.0 Å². The second-order valence-electron chi connectivity index (χ2n) is 5.68. The van der Waals surface area contributed by atoms with Crippen molar-refractivity contribution >= 4 is 5.78 Å². The number of rotatable bonds is 7. The van der Waals surface area contributed by atoms with Crippen molar-refractivity contribution in [3.63, 3.8) is 0 Å². The minimum absolute atomic E-state index is 0.170. The van der Waals surface area contributed by atoms with Gasteiger partial charge >= 0.3 is 0 Å². The van der Waals surface area contributed by atoms with Crippen molar-refractivity contribution in [2.75, 3.05) is 0 Å². The zero-order valence-electron chi connectivity index (χ0n) is 14.4. The highest BCUT2D eigenvalue weighted by Crippen LogP contribution is 2.18. The molecular formula is C18H22FN5O. The lowest BCUT2D eigenvalue weighted by atomic mass is 10.1. The maximum Gasteiger partial charge on any atom is 0.213 e. The van der Waals surface area contributed by atoms with Crippen molar-refractivity contribution < 1.29 is 9.18 Å². The SMILES string of the molecule is CCCC(/C=C(\N)C(C)=O)=C(/N)Cn1ccnc1-c1cccc(F)n1. The summed E-state index contributed by atoms with van der Waals surface area (Å²) in [5, 5.41) is 0. The average molecular weight is 343 g/mol. The van der Waals surface area contributed by atoms with E-state index in [4.69, 9.17) is 11.5 Å². The molecular weight excluding hydrogens is 321 g/mol. The molecule has 0 atom stereocenters. The number of hydrogen-bond acceptors (Lipinski definition) is 5. The summed E-state index contributed by atoms with van der Waals surface area (Å²) in [6.45, 7) is 3.77. The summed E-state index contributed by atoms with van der Waals surface area (Å²) in [5.41, 5.74) is 14.0. The maximum atomic E-state index is 13.4. The molecule has 6 nitrogen and oxygen atoms in total. The van der Waals surface area contributed by atoms with Gasteiger partial charge in [-0.25, -0.2) is 9.97 Å². The maximum absolute atomic E-state index is 13.4. The molecule has 0 radical (unpaired) electrons. The van der Waals surface area contributed by atoms with Crippen LogP contribution in [0.3, 0.4) is 0 Å². The first-order valence-corrected chi connectivity index (χ1v) is 8.02. The lowest BCUT2D eigenvalue weighted by Crippen LogP contribution is -2.14. The molecule has 0 amide bonds. The van der Waals surface area contributed by atoms with E-state index in [-0.39, 0.29) is 11.5 Å². The number of nitrogens with zero attached hydrogens (tertiary/aromatic N) is 3. The molecule has 0 bridgehead atoms. The monoisotopic (exact) mass is 343 g/mol. The summed E-state index contributed by atoms with van der Waals surface area (Å²) in [4.78, 5) is 19.5. The lowest BCUT2D eigenvalue weighted by molar-refractivity contribution is -0.113. The lowest BCUT2D eigenvalue weighted by Gasteiger charge is -2.12. The van der Waals surface area contributed by atoms with Crippen LogP contribution in [0.1, 0.15) is 26.7 Å². The van der Waals surface area contributed by atoms with Crippen LogP contribution in [0.25, 0.3) is 11.5 Å². The third-order valence-corrected chi connectivity index (χ3v) is 3.67. The van der Waals surface area contributed by atoms with Crippen LogP contribution in [0.4, 0.5) is 4.39 Å². The molecule has 2 aromatic heterocycles. The third kappa shape index (κ3) is 4.76. The van der Waals surface area contributed by atoms with Gasteiger partial charge in [0.25, 0.3) is 0 Å². The third-order valence-electron chi connectivity index (χ3n) is 3.67. The standard InChI is InChI=1S/C18H22FN5O/c1-3-5-13(10-14(20)12(2)25)15(21)11-24-9-8-22-18(24)16-6-4-7-17(19)23-16/h4,6-10H,3,5,11,20-21H2,1-2H3/b14-10-,15-13-. The number of carbonyl (C=O) groups is 1. The number of hydrogen-bond donors (Lipinski definition) is 2. The summed E-state index contributed by atoms with van der Waals surface area (Å²) in [6, 6.07) is 4.54. The predicted molar refractivity (Wildman–Crippen MR) is 94.5 cm³/mol. The van der Waals surface area contributed by atoms with E-state index in [1.54, 1.807) is 35.2 Å². The van der Waals surface area contributed by atoms with E-state index >= 15 is 0 Å². The predicted octanol–water partition coefficient (Wildman–Crippen LogP) is 2.53. The minimum atomic E-state index is -0.570. The molecule has 7 heteroatoms. The molecule has 0 aromatic carbocycles. The van der Waals surface area contributed by atoms with Crippen molar-refractivity contribution in [1.82, 2.24) is 14.5 Å². The molecule has 0 saturated carbocycles. The van der Waals surface area contributed by atoms with E-state index in [9.17, 15) is 9.18 Å². The van der Waals surface area contributed by atoms with E-state index in [1.165, 1.54) is 13.0 Å². The van der Waals surface area contributed by atoms with E-state index in [0.29, 0.717) is 30.2 Å². The van der Waals surface area contributed by atoms with Gasteiger partial charge in [-0.05, 0) is 30.2 Å². The fourth-order valence-corrected chi connectivity index (χ4v) is 2.37. The molecule has 4 N–H and O–H groups in total. The molecule has 0 aliphatic heterocycles. The summed E-state index contributed by atoms with van der Waals surface area (Å²) >= 11 is 0. The van der Waals surface area contributed by atoms with Gasteiger partial charge in [0.05, 0.1) is 12.2 Å². The Hall–Kier alpha value is -2.96. The Morgan fingerprint density at radius 2 is 2.12 bits per heavy atom. The smallest absolute Gasteiger partial charge is 0.213 e. The van der Waals surface area contributed by atoms with Crippen molar-refractivity contribution in [2.24, 2.45) is 11.5 Å². The number of ketones is 1. The Morgan fingerprint density at radius 1 is 1.36 bits per heavy atom. The van der Waals surface area contributed by atoms with Gasteiger partial charge in [-0.15, -0.1) is 0 Å². The number of pyridine rings is 1. The highest BCUT2D eigenvalue weighted by atomic mass is 19.1. The van der Waals surface area contributed by atoms with Gasteiger partial charge in [-0.1, -0.05) is 19.4 Å². The largest absolute Gasteiger partial charge is 0.400 e. The first-order valence-electron chi connectivity index (χ1n) is 8.02. The minimum Gasteiger partial charge on any atom is -0.400 e. The van der Waals surface area contributed by atoms with Crippen LogP contribution in [-0.4, -0.2) is 20.3 Å². The second-order valence-corrected chi connectivity index (χ2v) is 5.68. The van der Waals surface area contributed by atoms with E-state index < -0.39 is 5.95 Å². The Labute approximate surface area is 146 Å². The quantitative estimate of drug-likeness (QED) is 0.457. The van der Waals surface area contributed by atoms with Crippen molar-refractivity contribution in [1.29, 1.82) is 0 Å². The molecule has 0 aliphatic rings. The van der Waals surface area contributed by atoms with E-state index in [2.05, 4.69) is 9.97 Å². The number of allylic oxidation sites excluding steroid dienone is 4. The van der Waals surface area contributed by atoms with Crippen LogP contribution in [-0.2, 0) is 11.3 Å². The molecule has 2 aromatic rings. The zero-order valence-corrected chi connectivity index (χ0v) is 14.4. The molecule has 0 spiro atoms. The fourth-order valence-electron chi connectivity index (χ4n) is 2.37. The first-order chi connectivity index (χ1) is 11.9. The van der Waals surface area contributed by atoms with Crippen LogP contribution in [0.2, 0.25) is 0 Å². The van der Waals surface area contributed by atoms with Gasteiger partial charge in [0.15, 0.2) is 11.6 Å². The van der Waals surface area contributed by atoms with Crippen molar-refractivity contribution in [3.05, 3.63) is 59.6 Å². The van der Waals surface area contributed by atoms with Gasteiger partial charge in [0, 0.05) is 25.0 Å². The molecule has 2 rings (SSSR count). The van der Waals surface area contributed by atoms with Crippen molar-refractivity contribution in [2.45, 2.75) is 33.2 Å². The van der Waals surface area contributed by atoms with Crippen LogP contribution in [0.15, 0.2) is 53.6 Å². The summed E-state index contributed by atoms with van der Waals surface area (Å²) < 4.78 is 15.1. The summed E-state index contributed by atoms with van der Waals surface area (Å²) in [6.07, 6.45) is 6.53. The topological polar surface area (TPSA) is 99.8 Å². The van der Waals surface area contributed by atoms with Gasteiger partial charge in [-0.3, -0.25) is 4.79 Å². The Balaban J connectivity index is 2.36. The second kappa shape index (κ2) is 8.23. The van der Waals surface area contributed by atoms with Crippen LogP contribution in [0.5, 0.6) is 0 Å². The molecule has 0 unspecified atom stereocenters. The highest BCUT2D eigenvalue weighted by molar-refractivity contribution is 5.92. The Bertz CT molecular complexity index is 822. The Morgan fingerprint density at radius 3 is 2.76 bits per heavy atom. The van der Waals surface area contributed by atoms with Gasteiger partial charge in [0.2, 0.25) is 5.95 Å².